The normalized spacial score (nSPS) is 10.8. The van der Waals surface area contributed by atoms with Crippen molar-refractivity contribution < 1.29 is 4.79 Å². The number of likely N-dealkylation sites (N-methyl/N-ethyl adjacent to an activating group) is 3. The summed E-state index contributed by atoms with van der Waals surface area (Å²) >= 11 is 1.68. The van der Waals surface area contributed by atoms with Gasteiger partial charge in [0.25, 0.3) is 0 Å². The number of amides is 1. The fourth-order valence-corrected chi connectivity index (χ4v) is 2.22. The van der Waals surface area contributed by atoms with Crippen LogP contribution in [0.1, 0.15) is 4.88 Å². The third-order valence-electron chi connectivity index (χ3n) is 2.55. The summed E-state index contributed by atoms with van der Waals surface area (Å²) in [5.74, 6) is 0.164. The Kier molecular flexibility index (Phi) is 6.18. The van der Waals surface area contributed by atoms with Crippen molar-refractivity contribution in [1.82, 2.24) is 15.1 Å². The molecule has 0 aliphatic rings. The van der Waals surface area contributed by atoms with Gasteiger partial charge in [-0.3, -0.25) is 9.69 Å². The highest BCUT2D eigenvalue weighted by Crippen LogP contribution is 2.10. The zero-order chi connectivity index (χ0) is 12.7. The molecule has 5 heteroatoms. The summed E-state index contributed by atoms with van der Waals surface area (Å²) in [6, 6.07) is 4.07. The first-order valence-electron chi connectivity index (χ1n) is 5.73. The lowest BCUT2D eigenvalue weighted by atomic mass is 10.4. The second kappa shape index (κ2) is 7.42. The molecule has 1 aromatic heterocycles. The van der Waals surface area contributed by atoms with Gasteiger partial charge in [-0.2, -0.15) is 0 Å². The van der Waals surface area contributed by atoms with Crippen LogP contribution >= 0.6 is 11.3 Å². The smallest absolute Gasteiger partial charge is 0.236 e. The van der Waals surface area contributed by atoms with Crippen molar-refractivity contribution in [2.75, 3.05) is 40.8 Å². The minimum Gasteiger partial charge on any atom is -0.340 e. The Labute approximate surface area is 107 Å². The number of carbonyl (C=O) groups excluding carboxylic acids is 1. The molecule has 1 aromatic rings. The number of thiophene rings is 1. The van der Waals surface area contributed by atoms with E-state index in [1.54, 1.807) is 16.2 Å². The molecule has 0 fully saturated rings. The standard InChI is InChI=1S/C12H21N3OS/c1-13-6-7-14(2)10-12(16)15(3)9-11-5-4-8-17-11/h4-5,8,13H,6-7,9-10H2,1-3H3. The zero-order valence-electron chi connectivity index (χ0n) is 10.8. The van der Waals surface area contributed by atoms with E-state index in [1.165, 1.54) is 4.88 Å². The SMILES string of the molecule is CNCCN(C)CC(=O)N(C)Cc1cccs1. The molecule has 0 aromatic carbocycles. The van der Waals surface area contributed by atoms with Gasteiger partial charge in [0.2, 0.25) is 5.91 Å². The van der Waals surface area contributed by atoms with Gasteiger partial charge < -0.3 is 10.2 Å². The Hall–Kier alpha value is -0.910. The van der Waals surface area contributed by atoms with E-state index in [1.807, 2.05) is 37.5 Å². The molecule has 0 saturated heterocycles. The summed E-state index contributed by atoms with van der Waals surface area (Å²) in [7, 11) is 5.74. The molecule has 17 heavy (non-hydrogen) atoms. The number of carbonyl (C=O) groups is 1. The first kappa shape index (κ1) is 14.2. The maximum Gasteiger partial charge on any atom is 0.236 e. The van der Waals surface area contributed by atoms with Crippen LogP contribution in [0, 0.1) is 0 Å². The minimum absolute atomic E-state index is 0.164. The molecule has 0 aliphatic carbocycles. The van der Waals surface area contributed by atoms with Crippen LogP contribution in [0.4, 0.5) is 0 Å². The number of nitrogens with zero attached hydrogens (tertiary/aromatic N) is 2. The Morgan fingerprint density at radius 2 is 2.24 bits per heavy atom. The second-order valence-corrected chi connectivity index (χ2v) is 5.20. The average molecular weight is 255 g/mol. The maximum absolute atomic E-state index is 11.9. The summed E-state index contributed by atoms with van der Waals surface area (Å²) in [4.78, 5) is 16.9. The molecule has 0 atom stereocenters. The first-order chi connectivity index (χ1) is 8.13. The minimum atomic E-state index is 0.164. The largest absolute Gasteiger partial charge is 0.340 e. The van der Waals surface area contributed by atoms with E-state index in [-0.39, 0.29) is 5.91 Å². The third-order valence-corrected chi connectivity index (χ3v) is 3.41. The summed E-state index contributed by atoms with van der Waals surface area (Å²) in [5.41, 5.74) is 0. The number of rotatable bonds is 7. The van der Waals surface area contributed by atoms with Crippen LogP contribution in [0.25, 0.3) is 0 Å². The lowest BCUT2D eigenvalue weighted by molar-refractivity contribution is -0.131. The molecule has 96 valence electrons. The van der Waals surface area contributed by atoms with Gasteiger partial charge in [-0.25, -0.2) is 0 Å². The molecular formula is C12H21N3OS. The van der Waals surface area contributed by atoms with Gasteiger partial charge >= 0.3 is 0 Å². The molecule has 0 spiro atoms. The van der Waals surface area contributed by atoms with Crippen LogP contribution < -0.4 is 5.32 Å². The molecule has 1 rings (SSSR count). The van der Waals surface area contributed by atoms with Gasteiger partial charge in [0.15, 0.2) is 0 Å². The van der Waals surface area contributed by atoms with Gasteiger partial charge in [0.05, 0.1) is 13.1 Å². The van der Waals surface area contributed by atoms with Crippen molar-refractivity contribution in [3.05, 3.63) is 22.4 Å². The lowest BCUT2D eigenvalue weighted by Gasteiger charge is -2.21. The number of hydrogen-bond donors (Lipinski definition) is 1. The monoisotopic (exact) mass is 255 g/mol. The van der Waals surface area contributed by atoms with Crippen molar-refractivity contribution >= 4 is 17.2 Å². The number of hydrogen-bond acceptors (Lipinski definition) is 4. The Morgan fingerprint density at radius 1 is 1.47 bits per heavy atom. The topological polar surface area (TPSA) is 35.6 Å². The zero-order valence-corrected chi connectivity index (χ0v) is 11.6. The molecule has 0 aliphatic heterocycles. The van der Waals surface area contributed by atoms with E-state index in [9.17, 15) is 4.79 Å². The van der Waals surface area contributed by atoms with Gasteiger partial charge in [-0.15, -0.1) is 11.3 Å². The molecule has 0 saturated carbocycles. The van der Waals surface area contributed by atoms with Crippen molar-refractivity contribution in [3.8, 4) is 0 Å². The summed E-state index contributed by atoms with van der Waals surface area (Å²) in [5, 5.41) is 5.11. The van der Waals surface area contributed by atoms with E-state index < -0.39 is 0 Å². The summed E-state index contributed by atoms with van der Waals surface area (Å²) in [6.45, 7) is 2.97. The Balaban J connectivity index is 2.31. The van der Waals surface area contributed by atoms with Crippen LogP contribution in [0.15, 0.2) is 17.5 Å². The molecule has 1 N–H and O–H groups in total. The molecule has 0 bridgehead atoms. The Morgan fingerprint density at radius 3 is 2.82 bits per heavy atom. The average Bonchev–Trinajstić information content (AvgIpc) is 2.78. The number of nitrogens with one attached hydrogen (secondary N) is 1. The maximum atomic E-state index is 11.9. The first-order valence-corrected chi connectivity index (χ1v) is 6.61. The van der Waals surface area contributed by atoms with Crippen molar-refractivity contribution in [3.63, 3.8) is 0 Å². The molecule has 1 heterocycles. The van der Waals surface area contributed by atoms with Crippen LogP contribution in [-0.2, 0) is 11.3 Å². The van der Waals surface area contributed by atoms with Crippen molar-refractivity contribution in [2.24, 2.45) is 0 Å². The van der Waals surface area contributed by atoms with Gasteiger partial charge in [-0.05, 0) is 25.5 Å². The quantitative estimate of drug-likeness (QED) is 0.785. The predicted molar refractivity (Wildman–Crippen MR) is 72.2 cm³/mol. The highest BCUT2D eigenvalue weighted by Gasteiger charge is 2.11. The van der Waals surface area contributed by atoms with Crippen molar-refractivity contribution in [2.45, 2.75) is 6.54 Å². The predicted octanol–water partition coefficient (Wildman–Crippen LogP) is 0.858. The summed E-state index contributed by atoms with van der Waals surface area (Å²) in [6.07, 6.45) is 0. The van der Waals surface area contributed by atoms with Crippen LogP contribution in [-0.4, -0.2) is 56.5 Å². The van der Waals surface area contributed by atoms with Gasteiger partial charge in [0.1, 0.15) is 0 Å². The van der Waals surface area contributed by atoms with E-state index in [0.29, 0.717) is 13.1 Å². The fraction of sp³-hybridized carbons (Fsp3) is 0.583. The summed E-state index contributed by atoms with van der Waals surface area (Å²) < 4.78 is 0. The molecule has 1 amide bonds. The Bertz CT molecular complexity index is 327. The van der Waals surface area contributed by atoms with E-state index in [0.717, 1.165) is 13.1 Å². The molecule has 0 unspecified atom stereocenters. The van der Waals surface area contributed by atoms with E-state index in [4.69, 9.17) is 0 Å². The van der Waals surface area contributed by atoms with Gasteiger partial charge in [0, 0.05) is 25.0 Å². The van der Waals surface area contributed by atoms with Crippen LogP contribution in [0.5, 0.6) is 0 Å². The second-order valence-electron chi connectivity index (χ2n) is 4.17. The van der Waals surface area contributed by atoms with E-state index in [2.05, 4.69) is 11.4 Å². The van der Waals surface area contributed by atoms with Crippen molar-refractivity contribution in [1.29, 1.82) is 0 Å². The van der Waals surface area contributed by atoms with Crippen LogP contribution in [0.3, 0.4) is 0 Å². The van der Waals surface area contributed by atoms with Crippen LogP contribution in [0.2, 0.25) is 0 Å². The fourth-order valence-electron chi connectivity index (χ4n) is 1.46. The molecule has 0 radical (unpaired) electrons. The lowest BCUT2D eigenvalue weighted by Crippen LogP contribution is -2.38. The highest BCUT2D eigenvalue weighted by atomic mass is 32.1. The molecular weight excluding hydrogens is 234 g/mol. The highest BCUT2D eigenvalue weighted by molar-refractivity contribution is 7.09. The van der Waals surface area contributed by atoms with Gasteiger partial charge in [-0.1, -0.05) is 6.07 Å². The molecule has 4 nitrogen and oxygen atoms in total. The third kappa shape index (κ3) is 5.30. The van der Waals surface area contributed by atoms with E-state index >= 15 is 0 Å².